The molecule has 0 nitrogen and oxygen atoms in total. The van der Waals surface area contributed by atoms with Crippen LogP contribution in [0.4, 0.5) is 4.39 Å². The molecule has 6 atom stereocenters. The van der Waals surface area contributed by atoms with Gasteiger partial charge in [0, 0.05) is 0 Å². The van der Waals surface area contributed by atoms with Crippen molar-refractivity contribution in [1.29, 1.82) is 0 Å². The Balaban J connectivity index is 1.39. The molecule has 4 rings (SSSR count). The first-order valence-electron chi connectivity index (χ1n) is 10.7. The van der Waals surface area contributed by atoms with Crippen LogP contribution in [0.5, 0.6) is 0 Å². The maximum Gasteiger partial charge on any atom is 0.123 e. The fourth-order valence-electron chi connectivity index (χ4n) is 6.37. The van der Waals surface area contributed by atoms with Crippen molar-refractivity contribution < 1.29 is 4.39 Å². The number of benzene rings is 1. The third kappa shape index (κ3) is 3.71. The standard InChI is InChI=1S/C24H33F/c1-2-3-4-17-5-13-23-20(15-17)6-7-21-16-19(10-14-24(21)23)18-8-11-22(25)12-9-18/h3-4,8-9,11-12,17,19-21,23-24H,2,5-7,10,13-16H2,1H3. The molecule has 6 unspecified atom stereocenters. The van der Waals surface area contributed by atoms with Gasteiger partial charge in [-0.1, -0.05) is 31.2 Å². The van der Waals surface area contributed by atoms with Crippen LogP contribution in [0.3, 0.4) is 0 Å². The van der Waals surface area contributed by atoms with Crippen LogP contribution in [-0.2, 0) is 0 Å². The summed E-state index contributed by atoms with van der Waals surface area (Å²) in [5.74, 6) is 5.31. The van der Waals surface area contributed by atoms with Gasteiger partial charge in [0.25, 0.3) is 0 Å². The molecule has 1 aromatic rings. The SMILES string of the molecule is CCC=CC1CCC2C(CCC3CC(c4ccc(F)cc4)CCC32)C1. The van der Waals surface area contributed by atoms with E-state index in [0.29, 0.717) is 5.92 Å². The molecule has 0 aromatic heterocycles. The molecular formula is C24H33F. The lowest BCUT2D eigenvalue weighted by Gasteiger charge is -2.50. The van der Waals surface area contributed by atoms with Gasteiger partial charge >= 0.3 is 0 Å². The first-order valence-corrected chi connectivity index (χ1v) is 10.7. The predicted octanol–water partition coefficient (Wildman–Crippen LogP) is 7.12. The summed E-state index contributed by atoms with van der Waals surface area (Å²) in [6, 6.07) is 7.33. The summed E-state index contributed by atoms with van der Waals surface area (Å²) in [6.07, 6.45) is 17.4. The van der Waals surface area contributed by atoms with Gasteiger partial charge in [-0.15, -0.1) is 0 Å². The van der Waals surface area contributed by atoms with E-state index in [1.54, 1.807) is 12.1 Å². The maximum absolute atomic E-state index is 13.2. The topological polar surface area (TPSA) is 0 Å². The van der Waals surface area contributed by atoms with Gasteiger partial charge in [-0.25, -0.2) is 4.39 Å². The quantitative estimate of drug-likeness (QED) is 0.514. The molecule has 136 valence electrons. The molecule has 3 aliphatic rings. The largest absolute Gasteiger partial charge is 0.207 e. The molecule has 0 spiro atoms. The highest BCUT2D eigenvalue weighted by molar-refractivity contribution is 5.21. The van der Waals surface area contributed by atoms with Crippen molar-refractivity contribution in [2.75, 3.05) is 0 Å². The zero-order valence-corrected chi connectivity index (χ0v) is 15.7. The Hall–Kier alpha value is -1.11. The highest BCUT2D eigenvalue weighted by Crippen LogP contribution is 2.54. The van der Waals surface area contributed by atoms with Crippen molar-refractivity contribution in [2.45, 2.75) is 70.6 Å². The Morgan fingerprint density at radius 1 is 0.880 bits per heavy atom. The van der Waals surface area contributed by atoms with Crippen molar-refractivity contribution >= 4 is 0 Å². The number of rotatable bonds is 3. The molecule has 3 aliphatic carbocycles. The maximum atomic E-state index is 13.2. The van der Waals surface area contributed by atoms with Gasteiger partial charge in [0.2, 0.25) is 0 Å². The lowest BCUT2D eigenvalue weighted by atomic mass is 9.55. The van der Waals surface area contributed by atoms with E-state index >= 15 is 0 Å². The summed E-state index contributed by atoms with van der Waals surface area (Å²) in [5, 5.41) is 0. The molecule has 3 fully saturated rings. The van der Waals surface area contributed by atoms with Crippen LogP contribution >= 0.6 is 0 Å². The molecule has 1 heteroatoms. The highest BCUT2D eigenvalue weighted by atomic mass is 19.1. The number of hydrogen-bond acceptors (Lipinski definition) is 0. The average molecular weight is 341 g/mol. The van der Waals surface area contributed by atoms with Crippen LogP contribution in [0, 0.1) is 35.4 Å². The molecule has 0 aliphatic heterocycles. The van der Waals surface area contributed by atoms with Crippen molar-refractivity contribution in [2.24, 2.45) is 29.6 Å². The van der Waals surface area contributed by atoms with Crippen molar-refractivity contribution in [3.8, 4) is 0 Å². The van der Waals surface area contributed by atoms with E-state index in [1.807, 2.05) is 12.1 Å². The zero-order chi connectivity index (χ0) is 17.2. The second-order valence-corrected chi connectivity index (χ2v) is 8.90. The van der Waals surface area contributed by atoms with Gasteiger partial charge in [0.05, 0.1) is 0 Å². The summed E-state index contributed by atoms with van der Waals surface area (Å²) in [4.78, 5) is 0. The third-order valence-electron chi connectivity index (χ3n) is 7.57. The lowest BCUT2D eigenvalue weighted by molar-refractivity contribution is 0.0127. The minimum atomic E-state index is -0.105. The van der Waals surface area contributed by atoms with E-state index in [-0.39, 0.29) is 5.82 Å². The number of allylic oxidation sites excluding steroid dienone is 2. The fourth-order valence-corrected chi connectivity index (χ4v) is 6.37. The van der Waals surface area contributed by atoms with E-state index in [9.17, 15) is 4.39 Å². The van der Waals surface area contributed by atoms with Crippen LogP contribution < -0.4 is 0 Å². The molecule has 0 radical (unpaired) electrons. The molecule has 1 aromatic carbocycles. The van der Waals surface area contributed by atoms with Gasteiger partial charge < -0.3 is 0 Å². The Morgan fingerprint density at radius 2 is 1.56 bits per heavy atom. The molecule has 0 N–H and O–H groups in total. The minimum Gasteiger partial charge on any atom is -0.207 e. The van der Waals surface area contributed by atoms with E-state index in [4.69, 9.17) is 0 Å². The summed E-state index contributed by atoms with van der Waals surface area (Å²) in [5.41, 5.74) is 1.37. The van der Waals surface area contributed by atoms with Crippen LogP contribution in [0.15, 0.2) is 36.4 Å². The zero-order valence-electron chi connectivity index (χ0n) is 15.7. The first kappa shape index (κ1) is 17.3. The van der Waals surface area contributed by atoms with Crippen LogP contribution in [0.2, 0.25) is 0 Å². The third-order valence-corrected chi connectivity index (χ3v) is 7.57. The van der Waals surface area contributed by atoms with Crippen molar-refractivity contribution in [3.63, 3.8) is 0 Å². The van der Waals surface area contributed by atoms with Crippen molar-refractivity contribution in [1.82, 2.24) is 0 Å². The molecule has 0 bridgehead atoms. The van der Waals surface area contributed by atoms with E-state index in [2.05, 4.69) is 19.1 Å². The van der Waals surface area contributed by atoms with Crippen LogP contribution in [0.25, 0.3) is 0 Å². The molecule has 0 saturated heterocycles. The molecule has 0 heterocycles. The Labute approximate surface area is 152 Å². The fraction of sp³-hybridized carbons (Fsp3) is 0.667. The molecule has 25 heavy (non-hydrogen) atoms. The van der Waals surface area contributed by atoms with Gasteiger partial charge in [-0.3, -0.25) is 0 Å². The summed E-state index contributed by atoms with van der Waals surface area (Å²) < 4.78 is 13.2. The minimum absolute atomic E-state index is 0.105. The molecule has 0 amide bonds. The van der Waals surface area contributed by atoms with E-state index < -0.39 is 0 Å². The van der Waals surface area contributed by atoms with Gasteiger partial charge in [-0.2, -0.15) is 0 Å². The van der Waals surface area contributed by atoms with Crippen LogP contribution in [0.1, 0.15) is 76.2 Å². The van der Waals surface area contributed by atoms with Gasteiger partial charge in [0.15, 0.2) is 0 Å². The van der Waals surface area contributed by atoms with Gasteiger partial charge in [-0.05, 0) is 111 Å². The first-order chi connectivity index (χ1) is 12.2. The smallest absolute Gasteiger partial charge is 0.123 e. The predicted molar refractivity (Wildman–Crippen MR) is 103 cm³/mol. The normalized spacial score (nSPS) is 38.3. The monoisotopic (exact) mass is 340 g/mol. The summed E-state index contributed by atoms with van der Waals surface area (Å²) >= 11 is 0. The lowest BCUT2D eigenvalue weighted by Crippen LogP contribution is -2.41. The van der Waals surface area contributed by atoms with Crippen molar-refractivity contribution in [3.05, 3.63) is 47.8 Å². The number of hydrogen-bond donors (Lipinski definition) is 0. The Bertz CT molecular complexity index is 587. The number of fused-ring (bicyclic) bond motifs is 3. The van der Waals surface area contributed by atoms with E-state index in [1.165, 1.54) is 63.4 Å². The summed E-state index contributed by atoms with van der Waals surface area (Å²) in [6.45, 7) is 2.24. The molecule has 3 saturated carbocycles. The summed E-state index contributed by atoms with van der Waals surface area (Å²) in [7, 11) is 0. The Kier molecular flexibility index (Phi) is 5.29. The Morgan fingerprint density at radius 3 is 2.28 bits per heavy atom. The number of halogens is 1. The van der Waals surface area contributed by atoms with E-state index in [0.717, 1.165) is 29.6 Å². The highest BCUT2D eigenvalue weighted by Gasteiger charge is 2.44. The van der Waals surface area contributed by atoms with Gasteiger partial charge in [0.1, 0.15) is 5.82 Å². The second-order valence-electron chi connectivity index (χ2n) is 8.90. The van der Waals surface area contributed by atoms with Crippen LogP contribution in [-0.4, -0.2) is 0 Å². The molecular weight excluding hydrogens is 307 g/mol. The second kappa shape index (κ2) is 7.64. The average Bonchev–Trinajstić information content (AvgIpc) is 2.66.